The molecule has 0 amide bonds. The normalized spacial score (nSPS) is 11.7. The van der Waals surface area contributed by atoms with E-state index in [0.717, 1.165) is 22.6 Å². The summed E-state index contributed by atoms with van der Waals surface area (Å²) >= 11 is 0. The molecule has 0 aliphatic heterocycles. The van der Waals surface area contributed by atoms with Crippen molar-refractivity contribution in [3.05, 3.63) is 18.3 Å². The first-order valence-electron chi connectivity index (χ1n) is 5.73. The van der Waals surface area contributed by atoms with Gasteiger partial charge < -0.3 is 4.74 Å². The Kier molecular flexibility index (Phi) is 5.80. The molecule has 0 aliphatic rings. The molecule has 1 aromatic heterocycles. The van der Waals surface area contributed by atoms with Crippen LogP contribution in [-0.4, -0.2) is 43.6 Å². The Labute approximate surface area is 126 Å². The van der Waals surface area contributed by atoms with Crippen LogP contribution in [0.2, 0.25) is 0 Å². The molecular formula is C13H11F3N2O3S. The molecule has 0 fully saturated rings. The number of halogens is 3. The smallest absolute Gasteiger partial charge is 0.422 e. The topological polar surface area (TPSA) is 59.5 Å². The molecule has 0 aromatic carbocycles. The summed E-state index contributed by atoms with van der Waals surface area (Å²) in [4.78, 5) is 3.27. The van der Waals surface area contributed by atoms with Gasteiger partial charge >= 0.3 is 6.18 Å². The highest BCUT2D eigenvalue weighted by Gasteiger charge is 2.29. The lowest BCUT2D eigenvalue weighted by atomic mass is 10.5. The Balaban J connectivity index is 2.93. The Morgan fingerprint density at radius 3 is 2.23 bits per heavy atom. The van der Waals surface area contributed by atoms with Crippen molar-refractivity contribution in [3.8, 4) is 30.6 Å². The summed E-state index contributed by atoms with van der Waals surface area (Å²) in [5.41, 5.74) is 0. The molecule has 0 aliphatic carbocycles. The molecule has 0 atom stereocenters. The molecule has 9 heteroatoms. The molecule has 1 rings (SSSR count). The van der Waals surface area contributed by atoms with Gasteiger partial charge in [0.15, 0.2) is 6.61 Å². The van der Waals surface area contributed by atoms with Gasteiger partial charge in [-0.1, -0.05) is 11.8 Å². The van der Waals surface area contributed by atoms with Gasteiger partial charge in [-0.15, -0.1) is 12.8 Å². The van der Waals surface area contributed by atoms with Gasteiger partial charge in [0.2, 0.25) is 15.9 Å². The van der Waals surface area contributed by atoms with Crippen molar-refractivity contribution in [1.29, 1.82) is 0 Å². The van der Waals surface area contributed by atoms with E-state index < -0.39 is 22.8 Å². The maximum atomic E-state index is 12.2. The average Bonchev–Trinajstić information content (AvgIpc) is 2.44. The van der Waals surface area contributed by atoms with Crippen LogP contribution in [0.25, 0.3) is 0 Å². The number of terminal acetylenes is 2. The molecular weight excluding hydrogens is 321 g/mol. The van der Waals surface area contributed by atoms with E-state index in [0.29, 0.717) is 0 Å². The molecule has 0 saturated carbocycles. The maximum Gasteiger partial charge on any atom is 0.422 e. The first-order chi connectivity index (χ1) is 10.2. The number of hydrogen-bond donors (Lipinski definition) is 0. The van der Waals surface area contributed by atoms with Crippen LogP contribution in [-0.2, 0) is 10.0 Å². The van der Waals surface area contributed by atoms with Crippen LogP contribution in [0.1, 0.15) is 0 Å². The van der Waals surface area contributed by atoms with Gasteiger partial charge in [0.05, 0.1) is 19.3 Å². The summed E-state index contributed by atoms with van der Waals surface area (Å²) in [5.74, 6) is 3.97. The second kappa shape index (κ2) is 7.16. The molecule has 0 spiro atoms. The van der Waals surface area contributed by atoms with E-state index in [2.05, 4.69) is 21.6 Å². The Hall–Kier alpha value is -2.23. The minimum Gasteiger partial charge on any atom is -0.468 e. The summed E-state index contributed by atoms with van der Waals surface area (Å²) in [6.45, 7) is -2.00. The zero-order valence-corrected chi connectivity index (χ0v) is 12.0. The molecule has 5 nitrogen and oxygen atoms in total. The Bertz CT molecular complexity index is 669. The van der Waals surface area contributed by atoms with E-state index in [1.54, 1.807) is 0 Å². The number of alkyl halides is 3. The molecule has 22 heavy (non-hydrogen) atoms. The fourth-order valence-electron chi connectivity index (χ4n) is 1.34. The number of sulfonamides is 1. The third-order valence-corrected chi connectivity index (χ3v) is 4.04. The zero-order chi connectivity index (χ0) is 16.8. The second-order valence-electron chi connectivity index (χ2n) is 3.92. The lowest BCUT2D eigenvalue weighted by Crippen LogP contribution is -2.32. The summed E-state index contributed by atoms with van der Waals surface area (Å²) < 4.78 is 65.7. The number of nitrogens with zero attached hydrogens (tertiary/aromatic N) is 2. The van der Waals surface area contributed by atoms with Crippen LogP contribution >= 0.6 is 0 Å². The highest BCUT2D eigenvalue weighted by atomic mass is 32.2. The van der Waals surface area contributed by atoms with Gasteiger partial charge in [0.25, 0.3) is 0 Å². The minimum atomic E-state index is -4.51. The van der Waals surface area contributed by atoms with E-state index in [1.165, 1.54) is 0 Å². The van der Waals surface area contributed by atoms with Crippen molar-refractivity contribution in [3.63, 3.8) is 0 Å². The number of ether oxygens (including phenoxy) is 1. The number of aromatic nitrogens is 1. The van der Waals surface area contributed by atoms with Crippen LogP contribution in [0.15, 0.2) is 23.2 Å². The van der Waals surface area contributed by atoms with E-state index in [1.807, 2.05) is 0 Å². The molecule has 0 bridgehead atoms. The third-order valence-electron chi connectivity index (χ3n) is 2.27. The fraction of sp³-hybridized carbons (Fsp3) is 0.308. The Morgan fingerprint density at radius 2 is 1.82 bits per heavy atom. The molecule has 0 N–H and O–H groups in total. The van der Waals surface area contributed by atoms with Crippen LogP contribution in [0.3, 0.4) is 0 Å². The predicted molar refractivity (Wildman–Crippen MR) is 72.2 cm³/mol. The molecule has 0 radical (unpaired) electrons. The lowest BCUT2D eigenvalue weighted by molar-refractivity contribution is -0.154. The molecule has 118 valence electrons. The first-order valence-corrected chi connectivity index (χ1v) is 7.17. The van der Waals surface area contributed by atoms with Crippen molar-refractivity contribution in [2.75, 3.05) is 19.7 Å². The summed E-state index contributed by atoms with van der Waals surface area (Å²) in [6, 6.07) is 2.08. The summed E-state index contributed by atoms with van der Waals surface area (Å²) in [6.07, 6.45) is 6.51. The molecule has 1 heterocycles. The number of pyridine rings is 1. The van der Waals surface area contributed by atoms with Crippen molar-refractivity contribution in [1.82, 2.24) is 9.29 Å². The highest BCUT2D eigenvalue weighted by molar-refractivity contribution is 7.89. The largest absolute Gasteiger partial charge is 0.468 e. The minimum absolute atomic E-state index is 0.237. The number of rotatable bonds is 6. The van der Waals surface area contributed by atoms with Crippen molar-refractivity contribution >= 4 is 10.0 Å². The van der Waals surface area contributed by atoms with Gasteiger partial charge in [0.1, 0.15) is 4.90 Å². The van der Waals surface area contributed by atoms with E-state index in [9.17, 15) is 21.6 Å². The highest BCUT2D eigenvalue weighted by Crippen LogP contribution is 2.19. The van der Waals surface area contributed by atoms with Crippen molar-refractivity contribution in [2.24, 2.45) is 0 Å². The van der Waals surface area contributed by atoms with E-state index in [4.69, 9.17) is 12.8 Å². The van der Waals surface area contributed by atoms with Crippen LogP contribution in [0.5, 0.6) is 5.88 Å². The quantitative estimate of drug-likeness (QED) is 0.737. The molecule has 0 saturated heterocycles. The fourth-order valence-corrected chi connectivity index (χ4v) is 2.55. The maximum absolute atomic E-state index is 12.2. The van der Waals surface area contributed by atoms with Gasteiger partial charge in [-0.25, -0.2) is 13.4 Å². The molecule has 1 aromatic rings. The van der Waals surface area contributed by atoms with Crippen LogP contribution in [0, 0.1) is 24.7 Å². The predicted octanol–water partition coefficient (Wildman–Crippen LogP) is 1.28. The second-order valence-corrected chi connectivity index (χ2v) is 5.86. The van der Waals surface area contributed by atoms with Crippen molar-refractivity contribution < 1.29 is 26.3 Å². The van der Waals surface area contributed by atoms with Crippen LogP contribution < -0.4 is 4.74 Å². The van der Waals surface area contributed by atoms with Gasteiger partial charge in [-0.2, -0.15) is 17.5 Å². The zero-order valence-electron chi connectivity index (χ0n) is 11.2. The standard InChI is InChI=1S/C13H11F3N2O3S/c1-3-7-18(8-4-2)22(19,20)11-5-6-12(17-9-11)21-10-13(14,15)16/h1-2,5-6,9H,7-8,10H2. The first kappa shape index (κ1) is 17.8. The number of hydrogen-bond acceptors (Lipinski definition) is 4. The van der Waals surface area contributed by atoms with E-state index >= 15 is 0 Å². The van der Waals surface area contributed by atoms with Gasteiger partial charge in [-0.3, -0.25) is 0 Å². The summed E-state index contributed by atoms with van der Waals surface area (Å²) in [7, 11) is -3.98. The average molecular weight is 332 g/mol. The van der Waals surface area contributed by atoms with Gasteiger partial charge in [-0.05, 0) is 6.07 Å². The SMILES string of the molecule is C#CCN(CC#C)S(=O)(=O)c1ccc(OCC(F)(F)F)nc1. The summed E-state index contributed by atoms with van der Waals surface area (Å²) in [5, 5.41) is 0. The van der Waals surface area contributed by atoms with Crippen LogP contribution in [0.4, 0.5) is 13.2 Å². The lowest BCUT2D eigenvalue weighted by Gasteiger charge is -2.17. The third kappa shape index (κ3) is 4.95. The van der Waals surface area contributed by atoms with Crippen molar-refractivity contribution in [2.45, 2.75) is 11.1 Å². The molecule has 0 unspecified atom stereocenters. The van der Waals surface area contributed by atoms with E-state index in [-0.39, 0.29) is 23.9 Å². The Morgan fingerprint density at radius 1 is 1.23 bits per heavy atom. The van der Waals surface area contributed by atoms with Gasteiger partial charge in [0, 0.05) is 6.07 Å². The monoisotopic (exact) mass is 332 g/mol.